The highest BCUT2D eigenvalue weighted by Crippen LogP contribution is 2.22. The maximum absolute atomic E-state index is 12.2. The molecule has 0 bridgehead atoms. The minimum atomic E-state index is -3.86. The lowest BCUT2D eigenvalue weighted by molar-refractivity contribution is 0.318. The van der Waals surface area contributed by atoms with E-state index in [2.05, 4.69) is 15.0 Å². The number of nitrogens with zero attached hydrogens (tertiary/aromatic N) is 3. The van der Waals surface area contributed by atoms with Crippen molar-refractivity contribution in [3.05, 3.63) is 41.0 Å². The Bertz CT molecular complexity index is 763. The number of aromatic nitrogens is 2. The van der Waals surface area contributed by atoms with Crippen LogP contribution < -0.4 is 10.5 Å². The topological polar surface area (TPSA) is 123 Å². The number of amidine groups is 1. The molecule has 1 aromatic carbocycles. The van der Waals surface area contributed by atoms with Gasteiger partial charge in [0.15, 0.2) is 10.9 Å². The van der Waals surface area contributed by atoms with E-state index in [1.807, 2.05) is 0 Å². The van der Waals surface area contributed by atoms with Crippen LogP contribution in [-0.4, -0.2) is 29.2 Å². The number of rotatable bonds is 4. The number of aryl methyl sites for hydroxylation is 1. The average molecular weight is 330 g/mol. The summed E-state index contributed by atoms with van der Waals surface area (Å²) in [7, 11) is -2.39. The standard InChI is InChI=1S/C11H12ClN5O3S/c1-17-11(9(12)6-14-17)21(19,20)16-8-4-2-7(3-5-8)10(13)15-18/h2-6,16,18H,1H3,(H2,13,15). The first-order chi connectivity index (χ1) is 9.85. The second kappa shape index (κ2) is 5.62. The molecule has 112 valence electrons. The second-order valence-electron chi connectivity index (χ2n) is 4.09. The Balaban J connectivity index is 2.30. The normalized spacial score (nSPS) is 12.4. The number of nitrogens with two attached hydrogens (primary N) is 1. The monoisotopic (exact) mass is 329 g/mol. The van der Waals surface area contributed by atoms with E-state index in [0.717, 1.165) is 4.68 Å². The van der Waals surface area contributed by atoms with Crippen LogP contribution in [0.3, 0.4) is 0 Å². The van der Waals surface area contributed by atoms with Crippen molar-refractivity contribution in [2.75, 3.05) is 4.72 Å². The molecule has 0 atom stereocenters. The molecule has 0 radical (unpaired) electrons. The largest absolute Gasteiger partial charge is 0.409 e. The van der Waals surface area contributed by atoms with E-state index in [1.54, 1.807) is 0 Å². The number of anilines is 1. The van der Waals surface area contributed by atoms with Crippen molar-refractivity contribution in [3.8, 4) is 0 Å². The van der Waals surface area contributed by atoms with Gasteiger partial charge in [0.2, 0.25) is 0 Å². The molecule has 21 heavy (non-hydrogen) atoms. The molecule has 0 spiro atoms. The van der Waals surface area contributed by atoms with Crippen molar-refractivity contribution in [1.29, 1.82) is 0 Å². The number of sulfonamides is 1. The summed E-state index contributed by atoms with van der Waals surface area (Å²) < 4.78 is 28.0. The Morgan fingerprint density at radius 1 is 1.43 bits per heavy atom. The lowest BCUT2D eigenvalue weighted by atomic mass is 10.2. The highest BCUT2D eigenvalue weighted by Gasteiger charge is 2.22. The first-order valence-corrected chi connectivity index (χ1v) is 7.49. The molecule has 0 saturated carbocycles. The number of halogens is 1. The van der Waals surface area contributed by atoms with Crippen LogP contribution in [0.25, 0.3) is 0 Å². The minimum absolute atomic E-state index is 0.0262. The van der Waals surface area contributed by atoms with Crippen molar-refractivity contribution in [3.63, 3.8) is 0 Å². The van der Waals surface area contributed by atoms with Gasteiger partial charge in [0.25, 0.3) is 10.0 Å². The minimum Gasteiger partial charge on any atom is -0.409 e. The van der Waals surface area contributed by atoms with E-state index in [0.29, 0.717) is 11.3 Å². The molecule has 8 nitrogen and oxygen atoms in total. The fraction of sp³-hybridized carbons (Fsp3) is 0.0909. The molecule has 0 aliphatic rings. The molecule has 0 aliphatic carbocycles. The van der Waals surface area contributed by atoms with Gasteiger partial charge in [-0.3, -0.25) is 9.40 Å². The molecule has 10 heteroatoms. The zero-order chi connectivity index (χ0) is 15.6. The van der Waals surface area contributed by atoms with Crippen LogP contribution in [0.2, 0.25) is 5.02 Å². The molecule has 2 rings (SSSR count). The number of nitrogens with one attached hydrogen (secondary N) is 1. The van der Waals surface area contributed by atoms with Crippen LogP contribution in [-0.2, 0) is 17.1 Å². The van der Waals surface area contributed by atoms with Gasteiger partial charge in [-0.25, -0.2) is 0 Å². The van der Waals surface area contributed by atoms with Crippen LogP contribution in [0, 0.1) is 0 Å². The Labute approximate surface area is 125 Å². The van der Waals surface area contributed by atoms with E-state index in [-0.39, 0.29) is 15.9 Å². The maximum Gasteiger partial charge on any atom is 0.280 e. The summed E-state index contributed by atoms with van der Waals surface area (Å²) in [5.74, 6) is -0.0703. The number of hydrogen-bond donors (Lipinski definition) is 3. The first kappa shape index (κ1) is 15.1. The lowest BCUT2D eigenvalue weighted by Crippen LogP contribution is -2.17. The van der Waals surface area contributed by atoms with Crippen LogP contribution in [0.1, 0.15) is 5.56 Å². The van der Waals surface area contributed by atoms with E-state index in [4.69, 9.17) is 22.5 Å². The third-order valence-corrected chi connectivity index (χ3v) is 4.52. The van der Waals surface area contributed by atoms with Crippen molar-refractivity contribution in [1.82, 2.24) is 9.78 Å². The van der Waals surface area contributed by atoms with Gasteiger partial charge in [-0.05, 0) is 24.3 Å². The van der Waals surface area contributed by atoms with Crippen LogP contribution in [0.5, 0.6) is 0 Å². The van der Waals surface area contributed by atoms with Gasteiger partial charge in [-0.1, -0.05) is 16.8 Å². The van der Waals surface area contributed by atoms with E-state index in [9.17, 15) is 8.42 Å². The summed E-state index contributed by atoms with van der Waals surface area (Å²) in [6.07, 6.45) is 1.25. The molecule has 0 fully saturated rings. The predicted octanol–water partition coefficient (Wildman–Crippen LogP) is 0.969. The molecular weight excluding hydrogens is 318 g/mol. The van der Waals surface area contributed by atoms with Crippen molar-refractivity contribution < 1.29 is 13.6 Å². The summed E-state index contributed by atoms with van der Waals surface area (Å²) in [4.78, 5) is 0. The summed E-state index contributed by atoms with van der Waals surface area (Å²) >= 11 is 5.82. The smallest absolute Gasteiger partial charge is 0.280 e. The number of benzene rings is 1. The average Bonchev–Trinajstić information content (AvgIpc) is 2.78. The predicted molar refractivity (Wildman–Crippen MR) is 78.0 cm³/mol. The zero-order valence-corrected chi connectivity index (χ0v) is 12.4. The summed E-state index contributed by atoms with van der Waals surface area (Å²) in [6, 6.07) is 5.99. The SMILES string of the molecule is Cn1ncc(Cl)c1S(=O)(=O)Nc1ccc(/C(N)=N/O)cc1. The number of hydrogen-bond acceptors (Lipinski definition) is 5. The van der Waals surface area contributed by atoms with Crippen molar-refractivity contribution in [2.45, 2.75) is 5.03 Å². The van der Waals surface area contributed by atoms with E-state index < -0.39 is 10.0 Å². The molecule has 4 N–H and O–H groups in total. The second-order valence-corrected chi connectivity index (χ2v) is 6.09. The summed E-state index contributed by atoms with van der Waals surface area (Å²) in [6.45, 7) is 0. The van der Waals surface area contributed by atoms with Crippen LogP contribution in [0.4, 0.5) is 5.69 Å². The number of oxime groups is 1. The van der Waals surface area contributed by atoms with Crippen molar-refractivity contribution >= 4 is 33.1 Å². The molecule has 0 amide bonds. The molecule has 0 saturated heterocycles. The van der Waals surface area contributed by atoms with Gasteiger partial charge in [-0.15, -0.1) is 0 Å². The molecule has 0 unspecified atom stereocenters. The van der Waals surface area contributed by atoms with Gasteiger partial charge >= 0.3 is 0 Å². The van der Waals surface area contributed by atoms with E-state index >= 15 is 0 Å². The van der Waals surface area contributed by atoms with Gasteiger partial charge < -0.3 is 10.9 Å². The van der Waals surface area contributed by atoms with E-state index in [1.165, 1.54) is 37.5 Å². The zero-order valence-electron chi connectivity index (χ0n) is 10.9. The van der Waals surface area contributed by atoms with Crippen LogP contribution in [0.15, 0.2) is 40.6 Å². The molecule has 0 aliphatic heterocycles. The Hall–Kier alpha value is -2.26. The first-order valence-electron chi connectivity index (χ1n) is 5.63. The highest BCUT2D eigenvalue weighted by atomic mass is 35.5. The van der Waals surface area contributed by atoms with Gasteiger partial charge in [0.05, 0.1) is 11.2 Å². The Morgan fingerprint density at radius 3 is 2.52 bits per heavy atom. The maximum atomic E-state index is 12.2. The fourth-order valence-electron chi connectivity index (χ4n) is 1.67. The van der Waals surface area contributed by atoms with Crippen molar-refractivity contribution in [2.24, 2.45) is 17.9 Å². The van der Waals surface area contributed by atoms with Gasteiger partial charge in [-0.2, -0.15) is 13.5 Å². The van der Waals surface area contributed by atoms with Gasteiger partial charge in [0, 0.05) is 18.3 Å². The fourth-order valence-corrected chi connectivity index (χ4v) is 3.39. The Kier molecular flexibility index (Phi) is 4.05. The molecular formula is C11H12ClN5O3S. The molecule has 1 heterocycles. The highest BCUT2D eigenvalue weighted by molar-refractivity contribution is 7.92. The van der Waals surface area contributed by atoms with Gasteiger partial charge in [0.1, 0.15) is 0 Å². The Morgan fingerprint density at radius 2 is 2.05 bits per heavy atom. The summed E-state index contributed by atoms with van der Waals surface area (Å²) in [5, 5.41) is 15.1. The lowest BCUT2D eigenvalue weighted by Gasteiger charge is -2.09. The molecule has 1 aromatic heterocycles. The third kappa shape index (κ3) is 3.09. The van der Waals surface area contributed by atoms with Crippen LogP contribution >= 0.6 is 11.6 Å². The molecule has 2 aromatic rings. The third-order valence-electron chi connectivity index (χ3n) is 2.64. The quantitative estimate of drug-likeness (QED) is 0.334. The summed E-state index contributed by atoms with van der Waals surface area (Å²) in [5.41, 5.74) is 6.19.